The van der Waals surface area contributed by atoms with Crippen molar-refractivity contribution in [3.05, 3.63) is 47.1 Å². The fraction of sp³-hybridized carbons (Fsp3) is 0.444. The summed E-state index contributed by atoms with van der Waals surface area (Å²) in [6.07, 6.45) is -0.834. The van der Waals surface area contributed by atoms with Crippen LogP contribution in [0.15, 0.2) is 35.7 Å². The van der Waals surface area contributed by atoms with Gasteiger partial charge in [0, 0.05) is 17.0 Å². The first-order chi connectivity index (χ1) is 11.2. The molecule has 0 aliphatic heterocycles. The van der Waals surface area contributed by atoms with Crippen LogP contribution in [0.2, 0.25) is 0 Å². The van der Waals surface area contributed by atoms with E-state index in [1.165, 1.54) is 17.4 Å². The maximum atomic E-state index is 14.2. The third-order valence-corrected chi connectivity index (χ3v) is 4.78. The van der Waals surface area contributed by atoms with Gasteiger partial charge in [0.05, 0.1) is 13.2 Å². The molecule has 0 aliphatic rings. The minimum atomic E-state index is -0.834. The molecule has 6 heteroatoms. The Labute approximate surface area is 153 Å². The van der Waals surface area contributed by atoms with Crippen molar-refractivity contribution < 1.29 is 14.2 Å². The number of ether oxygens (including phenoxy) is 1. The van der Waals surface area contributed by atoms with Gasteiger partial charge in [-0.2, -0.15) is 0 Å². The lowest BCUT2D eigenvalue weighted by Crippen LogP contribution is -2.27. The maximum Gasteiger partial charge on any atom is 0.132 e. The van der Waals surface area contributed by atoms with E-state index in [9.17, 15) is 9.50 Å². The molecular weight excluding hydrogens is 349 g/mol. The summed E-state index contributed by atoms with van der Waals surface area (Å²) in [6, 6.07) is 8.55. The zero-order valence-electron chi connectivity index (χ0n) is 14.1. The lowest BCUT2D eigenvalue weighted by atomic mass is 10.0. The minimum Gasteiger partial charge on any atom is -0.386 e. The molecule has 0 fully saturated rings. The monoisotopic (exact) mass is 373 g/mol. The summed E-state index contributed by atoms with van der Waals surface area (Å²) in [5, 5.41) is 12.3. The van der Waals surface area contributed by atoms with E-state index in [1.807, 2.05) is 17.5 Å². The number of likely N-dealkylation sites (N-methyl/N-ethyl adjacent to an activating group) is 1. The van der Waals surface area contributed by atoms with Gasteiger partial charge in [-0.05, 0) is 36.2 Å². The second kappa shape index (κ2) is 10.8. The lowest BCUT2D eigenvalue weighted by Gasteiger charge is -2.19. The highest BCUT2D eigenvalue weighted by atomic mass is 35.5. The van der Waals surface area contributed by atoms with Crippen molar-refractivity contribution in [3.63, 3.8) is 0 Å². The summed E-state index contributed by atoms with van der Waals surface area (Å²) in [5.74, 6) is -0.313. The molecule has 0 bridgehead atoms. The van der Waals surface area contributed by atoms with Gasteiger partial charge in [0.15, 0.2) is 0 Å². The molecular formula is C18H25ClFNO2S. The normalized spacial score (nSPS) is 12.2. The van der Waals surface area contributed by atoms with Crippen molar-refractivity contribution in [1.82, 2.24) is 4.90 Å². The lowest BCUT2D eigenvalue weighted by molar-refractivity contribution is 0.0275. The summed E-state index contributed by atoms with van der Waals surface area (Å²) < 4.78 is 19.8. The Bertz CT molecular complexity index is 591. The summed E-state index contributed by atoms with van der Waals surface area (Å²) in [4.78, 5) is 3.08. The molecule has 0 spiro atoms. The predicted octanol–water partition coefficient (Wildman–Crippen LogP) is 4.37. The number of hydrogen-bond donors (Lipinski definition) is 1. The van der Waals surface area contributed by atoms with Crippen molar-refractivity contribution in [3.8, 4) is 10.4 Å². The molecule has 1 aromatic heterocycles. The van der Waals surface area contributed by atoms with Crippen molar-refractivity contribution in [1.29, 1.82) is 0 Å². The van der Waals surface area contributed by atoms with Gasteiger partial charge in [0.25, 0.3) is 0 Å². The van der Waals surface area contributed by atoms with Crippen LogP contribution in [0.1, 0.15) is 25.5 Å². The molecule has 0 saturated heterocycles. The van der Waals surface area contributed by atoms with Gasteiger partial charge in [-0.1, -0.05) is 32.0 Å². The molecule has 24 heavy (non-hydrogen) atoms. The smallest absolute Gasteiger partial charge is 0.132 e. The zero-order chi connectivity index (χ0) is 16.7. The standard InChI is InChI=1S/C18H24FNO2S.ClH/c1-3-20(4-2)10-11-22-13-16(21)14-7-5-8-15(19)18(14)17-9-6-12-23-17;/h5-9,12,16,21H,3-4,10-11,13H2,1-2H3;1H. The van der Waals surface area contributed by atoms with Crippen molar-refractivity contribution in [2.75, 3.05) is 32.8 Å². The molecule has 0 aliphatic carbocycles. The Balaban J connectivity index is 0.00000288. The Morgan fingerprint density at radius 1 is 1.21 bits per heavy atom. The van der Waals surface area contributed by atoms with Crippen molar-refractivity contribution in [2.45, 2.75) is 20.0 Å². The number of rotatable bonds is 9. The molecule has 0 amide bonds. The fourth-order valence-corrected chi connectivity index (χ4v) is 3.31. The van der Waals surface area contributed by atoms with E-state index in [-0.39, 0.29) is 24.8 Å². The maximum absolute atomic E-state index is 14.2. The van der Waals surface area contributed by atoms with Gasteiger partial charge in [-0.15, -0.1) is 23.7 Å². The van der Waals surface area contributed by atoms with Crippen LogP contribution in [0, 0.1) is 5.82 Å². The Kier molecular flexibility index (Phi) is 9.48. The number of benzene rings is 1. The van der Waals surface area contributed by atoms with Crippen LogP contribution in [0.25, 0.3) is 10.4 Å². The van der Waals surface area contributed by atoms with Gasteiger partial charge >= 0.3 is 0 Å². The van der Waals surface area contributed by atoms with E-state index in [1.54, 1.807) is 12.1 Å². The number of hydrogen-bond acceptors (Lipinski definition) is 4. The quantitative estimate of drug-likeness (QED) is 0.662. The van der Waals surface area contributed by atoms with E-state index in [2.05, 4.69) is 18.7 Å². The SMILES string of the molecule is CCN(CC)CCOCC(O)c1cccc(F)c1-c1cccs1.Cl. The summed E-state index contributed by atoms with van der Waals surface area (Å²) >= 11 is 1.46. The number of aliphatic hydroxyl groups excluding tert-OH is 1. The van der Waals surface area contributed by atoms with Crippen LogP contribution in [0.3, 0.4) is 0 Å². The molecule has 0 saturated carbocycles. The van der Waals surface area contributed by atoms with Crippen LogP contribution in [-0.2, 0) is 4.74 Å². The van der Waals surface area contributed by atoms with Crippen LogP contribution in [0.4, 0.5) is 4.39 Å². The number of aliphatic hydroxyl groups is 1. The first-order valence-corrected chi connectivity index (χ1v) is 8.85. The van der Waals surface area contributed by atoms with Crippen LogP contribution in [0.5, 0.6) is 0 Å². The van der Waals surface area contributed by atoms with Gasteiger partial charge in [0.2, 0.25) is 0 Å². The highest BCUT2D eigenvalue weighted by Crippen LogP contribution is 2.33. The fourth-order valence-electron chi connectivity index (χ4n) is 2.52. The summed E-state index contributed by atoms with van der Waals surface area (Å²) in [7, 11) is 0. The average molecular weight is 374 g/mol. The van der Waals surface area contributed by atoms with Gasteiger partial charge in [-0.25, -0.2) is 4.39 Å². The average Bonchev–Trinajstić information content (AvgIpc) is 3.08. The second-order valence-electron chi connectivity index (χ2n) is 5.30. The topological polar surface area (TPSA) is 32.7 Å². The van der Waals surface area contributed by atoms with Gasteiger partial charge in [0.1, 0.15) is 11.9 Å². The zero-order valence-corrected chi connectivity index (χ0v) is 15.7. The van der Waals surface area contributed by atoms with E-state index >= 15 is 0 Å². The summed E-state index contributed by atoms with van der Waals surface area (Å²) in [6.45, 7) is 7.74. The molecule has 1 atom stereocenters. The van der Waals surface area contributed by atoms with Gasteiger partial charge < -0.3 is 14.7 Å². The first kappa shape index (κ1) is 21.1. The summed E-state index contributed by atoms with van der Waals surface area (Å²) in [5.41, 5.74) is 1.05. The highest BCUT2D eigenvalue weighted by molar-refractivity contribution is 7.13. The van der Waals surface area contributed by atoms with E-state index in [0.29, 0.717) is 17.7 Å². The van der Waals surface area contributed by atoms with Crippen LogP contribution in [-0.4, -0.2) is 42.9 Å². The van der Waals surface area contributed by atoms with E-state index in [4.69, 9.17) is 4.74 Å². The third kappa shape index (κ3) is 5.53. The number of halogens is 2. The van der Waals surface area contributed by atoms with E-state index < -0.39 is 6.10 Å². The third-order valence-electron chi connectivity index (χ3n) is 3.89. The van der Waals surface area contributed by atoms with Gasteiger partial charge in [-0.3, -0.25) is 0 Å². The Hall–Kier alpha value is -0.980. The van der Waals surface area contributed by atoms with Crippen LogP contribution >= 0.6 is 23.7 Å². The molecule has 2 rings (SSSR count). The molecule has 3 nitrogen and oxygen atoms in total. The van der Waals surface area contributed by atoms with Crippen molar-refractivity contribution >= 4 is 23.7 Å². The first-order valence-electron chi connectivity index (χ1n) is 7.97. The molecule has 1 heterocycles. The van der Waals surface area contributed by atoms with Crippen LogP contribution < -0.4 is 0 Å². The molecule has 134 valence electrons. The molecule has 1 unspecified atom stereocenters. The Morgan fingerprint density at radius 3 is 2.58 bits per heavy atom. The molecule has 0 radical (unpaired) electrons. The highest BCUT2D eigenvalue weighted by Gasteiger charge is 2.18. The molecule has 2 aromatic rings. The molecule has 1 N–H and O–H groups in total. The molecule has 1 aromatic carbocycles. The number of thiophene rings is 1. The minimum absolute atomic E-state index is 0. The Morgan fingerprint density at radius 2 is 1.96 bits per heavy atom. The van der Waals surface area contributed by atoms with Crippen molar-refractivity contribution in [2.24, 2.45) is 0 Å². The number of nitrogens with zero attached hydrogens (tertiary/aromatic N) is 1. The van der Waals surface area contributed by atoms with E-state index in [0.717, 1.165) is 24.5 Å². The largest absolute Gasteiger partial charge is 0.386 e. The predicted molar refractivity (Wildman–Crippen MR) is 101 cm³/mol. The second-order valence-corrected chi connectivity index (χ2v) is 6.25.